The normalized spacial score (nSPS) is 10.4. The van der Waals surface area contributed by atoms with Crippen LogP contribution < -0.4 is 0 Å². The topological polar surface area (TPSA) is 20.3 Å². The predicted octanol–water partition coefficient (Wildman–Crippen LogP) is 5.03. The Morgan fingerprint density at radius 3 is 2.60 bits per heavy atom. The number of halogens is 3. The molecule has 0 saturated carbocycles. The summed E-state index contributed by atoms with van der Waals surface area (Å²) in [6.07, 6.45) is 0. The van der Waals surface area contributed by atoms with Crippen LogP contribution in [0.1, 0.15) is 15.9 Å². The van der Waals surface area contributed by atoms with Gasteiger partial charge >= 0.3 is 0 Å². The molecule has 0 fully saturated rings. The molecule has 104 valence electrons. The molecule has 2 rings (SSSR count). The van der Waals surface area contributed by atoms with Crippen molar-refractivity contribution in [3.63, 3.8) is 0 Å². The van der Waals surface area contributed by atoms with E-state index in [2.05, 4.69) is 15.9 Å². The average Bonchev–Trinajstić information content (AvgIpc) is 2.41. The second kappa shape index (κ2) is 6.61. The molecule has 0 saturated heterocycles. The minimum atomic E-state index is -0.0673. The Balaban J connectivity index is 2.14. The van der Waals surface area contributed by atoms with Crippen LogP contribution in [-0.2, 0) is 6.54 Å². The van der Waals surface area contributed by atoms with Crippen molar-refractivity contribution in [2.24, 2.45) is 0 Å². The average molecular weight is 373 g/mol. The maximum Gasteiger partial charge on any atom is 0.253 e. The predicted molar refractivity (Wildman–Crippen MR) is 86.4 cm³/mol. The maximum absolute atomic E-state index is 12.3. The van der Waals surface area contributed by atoms with E-state index in [1.165, 1.54) is 0 Å². The molecule has 5 heteroatoms. The first-order valence-corrected chi connectivity index (χ1v) is 7.47. The van der Waals surface area contributed by atoms with Crippen molar-refractivity contribution < 1.29 is 4.79 Å². The van der Waals surface area contributed by atoms with Crippen LogP contribution in [-0.4, -0.2) is 17.9 Å². The van der Waals surface area contributed by atoms with E-state index in [1.54, 1.807) is 30.1 Å². The quantitative estimate of drug-likeness (QED) is 0.739. The van der Waals surface area contributed by atoms with Crippen LogP contribution in [0.5, 0.6) is 0 Å². The molecule has 2 aromatic carbocycles. The summed E-state index contributed by atoms with van der Waals surface area (Å²) in [4.78, 5) is 14.0. The molecule has 0 aliphatic heterocycles. The van der Waals surface area contributed by atoms with Crippen molar-refractivity contribution in [1.29, 1.82) is 0 Å². The van der Waals surface area contributed by atoms with Crippen LogP contribution in [0.3, 0.4) is 0 Å². The van der Waals surface area contributed by atoms with E-state index in [-0.39, 0.29) is 5.91 Å². The molecule has 0 aliphatic rings. The van der Waals surface area contributed by atoms with Crippen molar-refractivity contribution in [2.45, 2.75) is 6.54 Å². The highest BCUT2D eigenvalue weighted by atomic mass is 79.9. The first-order valence-electron chi connectivity index (χ1n) is 5.92. The molecule has 2 aromatic rings. The number of nitrogens with zero attached hydrogens (tertiary/aromatic N) is 1. The van der Waals surface area contributed by atoms with Gasteiger partial charge in [0.15, 0.2) is 0 Å². The van der Waals surface area contributed by atoms with Crippen molar-refractivity contribution in [3.8, 4) is 0 Å². The molecule has 1 amide bonds. The lowest BCUT2D eigenvalue weighted by Gasteiger charge is -2.17. The summed E-state index contributed by atoms with van der Waals surface area (Å²) in [5, 5.41) is 1.25. The minimum Gasteiger partial charge on any atom is -0.337 e. The van der Waals surface area contributed by atoms with E-state index in [4.69, 9.17) is 23.2 Å². The number of rotatable bonds is 3. The Morgan fingerprint density at radius 1 is 1.20 bits per heavy atom. The molecular formula is C15H12BrCl2NO. The molecule has 0 heterocycles. The van der Waals surface area contributed by atoms with Crippen molar-refractivity contribution >= 4 is 45.0 Å². The molecule has 0 spiro atoms. The summed E-state index contributed by atoms with van der Waals surface area (Å²) < 4.78 is 0.709. The number of benzene rings is 2. The molecule has 0 aliphatic carbocycles. The Hall–Kier alpha value is -1.03. The van der Waals surface area contributed by atoms with Crippen LogP contribution in [0.15, 0.2) is 46.9 Å². The van der Waals surface area contributed by atoms with Gasteiger partial charge in [-0.05, 0) is 51.8 Å². The highest BCUT2D eigenvalue weighted by Crippen LogP contribution is 2.24. The van der Waals surface area contributed by atoms with E-state index in [0.717, 1.165) is 5.56 Å². The lowest BCUT2D eigenvalue weighted by atomic mass is 10.1. The third-order valence-corrected chi connectivity index (χ3v) is 4.27. The number of hydrogen-bond acceptors (Lipinski definition) is 1. The Bertz CT molecular complexity index is 646. The Labute approximate surface area is 136 Å². The van der Waals surface area contributed by atoms with Gasteiger partial charge in [0.2, 0.25) is 0 Å². The lowest BCUT2D eigenvalue weighted by molar-refractivity contribution is 0.0785. The number of carbonyl (C=O) groups is 1. The molecular weight excluding hydrogens is 361 g/mol. The largest absolute Gasteiger partial charge is 0.337 e. The summed E-state index contributed by atoms with van der Waals surface area (Å²) in [6.45, 7) is 0.500. The lowest BCUT2D eigenvalue weighted by Crippen LogP contribution is -2.26. The standard InChI is InChI=1S/C15H12BrCl2NO/c1-19(9-10-3-2-4-12(17)7-10)15(20)11-5-6-14(18)13(16)8-11/h2-8H,9H2,1H3. The summed E-state index contributed by atoms with van der Waals surface area (Å²) in [5.74, 6) is -0.0673. The van der Waals surface area contributed by atoms with E-state index in [1.807, 2.05) is 24.3 Å². The number of carbonyl (C=O) groups excluding carboxylic acids is 1. The molecule has 0 bridgehead atoms. The Morgan fingerprint density at radius 2 is 1.95 bits per heavy atom. The van der Waals surface area contributed by atoms with Gasteiger partial charge < -0.3 is 4.90 Å². The smallest absolute Gasteiger partial charge is 0.253 e. The number of amides is 1. The van der Waals surface area contributed by atoms with Crippen LogP contribution in [0.4, 0.5) is 0 Å². The van der Waals surface area contributed by atoms with E-state index >= 15 is 0 Å². The van der Waals surface area contributed by atoms with Gasteiger partial charge in [-0.15, -0.1) is 0 Å². The monoisotopic (exact) mass is 371 g/mol. The fraction of sp³-hybridized carbons (Fsp3) is 0.133. The molecule has 0 radical (unpaired) electrons. The Kier molecular flexibility index (Phi) is 5.08. The second-order valence-electron chi connectivity index (χ2n) is 4.42. The van der Waals surface area contributed by atoms with Crippen molar-refractivity contribution in [1.82, 2.24) is 4.90 Å². The van der Waals surface area contributed by atoms with Gasteiger partial charge in [0.25, 0.3) is 5.91 Å². The zero-order valence-corrected chi connectivity index (χ0v) is 13.8. The van der Waals surface area contributed by atoms with Crippen LogP contribution in [0.2, 0.25) is 10.0 Å². The first-order chi connectivity index (χ1) is 9.47. The fourth-order valence-corrected chi connectivity index (χ4v) is 2.54. The molecule has 0 N–H and O–H groups in total. The van der Waals surface area contributed by atoms with Crippen molar-refractivity contribution in [3.05, 3.63) is 68.1 Å². The van der Waals surface area contributed by atoms with Gasteiger partial charge in [-0.1, -0.05) is 35.3 Å². The molecule has 0 unspecified atom stereocenters. The van der Waals surface area contributed by atoms with Gasteiger partial charge in [-0.25, -0.2) is 0 Å². The molecule has 2 nitrogen and oxygen atoms in total. The third kappa shape index (κ3) is 3.75. The first kappa shape index (κ1) is 15.4. The summed E-state index contributed by atoms with van der Waals surface area (Å²) in [7, 11) is 1.76. The maximum atomic E-state index is 12.3. The molecule has 0 aromatic heterocycles. The number of hydrogen-bond donors (Lipinski definition) is 0. The van der Waals surface area contributed by atoms with E-state index < -0.39 is 0 Å². The van der Waals surface area contributed by atoms with Gasteiger partial charge in [-0.3, -0.25) is 4.79 Å². The highest BCUT2D eigenvalue weighted by molar-refractivity contribution is 9.10. The van der Waals surface area contributed by atoms with Gasteiger partial charge in [0, 0.05) is 28.7 Å². The summed E-state index contributed by atoms with van der Waals surface area (Å²) in [6, 6.07) is 12.6. The fourth-order valence-electron chi connectivity index (χ4n) is 1.83. The van der Waals surface area contributed by atoms with Crippen molar-refractivity contribution in [2.75, 3.05) is 7.05 Å². The SMILES string of the molecule is CN(Cc1cccc(Cl)c1)C(=O)c1ccc(Cl)c(Br)c1. The third-order valence-electron chi connectivity index (χ3n) is 2.82. The zero-order valence-electron chi connectivity index (χ0n) is 10.7. The molecule has 20 heavy (non-hydrogen) atoms. The van der Waals surface area contributed by atoms with Crippen LogP contribution in [0, 0.1) is 0 Å². The van der Waals surface area contributed by atoms with Gasteiger partial charge in [0.1, 0.15) is 0 Å². The van der Waals surface area contributed by atoms with Gasteiger partial charge in [-0.2, -0.15) is 0 Å². The molecule has 0 atom stereocenters. The minimum absolute atomic E-state index is 0.0673. The summed E-state index contributed by atoms with van der Waals surface area (Å²) in [5.41, 5.74) is 1.58. The van der Waals surface area contributed by atoms with E-state index in [9.17, 15) is 4.79 Å². The van der Waals surface area contributed by atoms with Crippen LogP contribution >= 0.6 is 39.1 Å². The highest BCUT2D eigenvalue weighted by Gasteiger charge is 2.13. The zero-order chi connectivity index (χ0) is 14.7. The van der Waals surface area contributed by atoms with E-state index in [0.29, 0.717) is 26.6 Å². The summed E-state index contributed by atoms with van der Waals surface area (Å²) >= 11 is 15.2. The van der Waals surface area contributed by atoms with Gasteiger partial charge in [0.05, 0.1) is 5.02 Å². The second-order valence-corrected chi connectivity index (χ2v) is 6.12. The van der Waals surface area contributed by atoms with Crippen LogP contribution in [0.25, 0.3) is 0 Å².